The number of carbonyl (C=O) groups excluding carboxylic acids is 1. The molecule has 0 bridgehead atoms. The number of esters is 1. The highest BCUT2D eigenvalue weighted by molar-refractivity contribution is 5.85. The third kappa shape index (κ3) is 3.75. The predicted molar refractivity (Wildman–Crippen MR) is 82.0 cm³/mol. The van der Waals surface area contributed by atoms with E-state index in [4.69, 9.17) is 9.15 Å². The first-order chi connectivity index (χ1) is 11.9. The Labute approximate surface area is 141 Å². The summed E-state index contributed by atoms with van der Waals surface area (Å²) in [6, 6.07) is 1.18. The molecular formula is C16H16F3N3O3. The van der Waals surface area contributed by atoms with Gasteiger partial charge in [-0.25, -0.2) is 27.9 Å². The monoisotopic (exact) mass is 355 g/mol. The van der Waals surface area contributed by atoms with Gasteiger partial charge >= 0.3 is 11.9 Å². The molecule has 1 aliphatic rings. The van der Waals surface area contributed by atoms with Crippen molar-refractivity contribution in [2.24, 2.45) is 0 Å². The number of pyridine rings is 1. The van der Waals surface area contributed by atoms with Crippen LogP contribution in [0.15, 0.2) is 22.9 Å². The van der Waals surface area contributed by atoms with Crippen molar-refractivity contribution in [2.75, 3.05) is 24.6 Å². The van der Waals surface area contributed by atoms with E-state index in [-0.39, 0.29) is 49.9 Å². The van der Waals surface area contributed by atoms with E-state index in [1.54, 1.807) is 6.92 Å². The van der Waals surface area contributed by atoms with Crippen molar-refractivity contribution in [1.29, 1.82) is 0 Å². The highest BCUT2D eigenvalue weighted by Crippen LogP contribution is 2.31. The minimum atomic E-state index is -2.71. The molecule has 2 aromatic heterocycles. The summed E-state index contributed by atoms with van der Waals surface area (Å²) in [7, 11) is 0. The first-order valence-electron chi connectivity index (χ1n) is 7.81. The molecule has 0 radical (unpaired) electrons. The molecule has 3 heterocycles. The van der Waals surface area contributed by atoms with E-state index < -0.39 is 17.7 Å². The van der Waals surface area contributed by atoms with Gasteiger partial charge < -0.3 is 14.1 Å². The van der Waals surface area contributed by atoms with E-state index in [2.05, 4.69) is 9.97 Å². The fourth-order valence-corrected chi connectivity index (χ4v) is 2.54. The van der Waals surface area contributed by atoms with Crippen LogP contribution < -0.4 is 4.90 Å². The molecule has 0 atom stereocenters. The van der Waals surface area contributed by atoms with Gasteiger partial charge in [-0.15, -0.1) is 0 Å². The maximum atomic E-state index is 14.4. The van der Waals surface area contributed by atoms with Gasteiger partial charge in [0, 0.05) is 37.7 Å². The minimum absolute atomic E-state index is 0.0216. The number of rotatable bonds is 4. The van der Waals surface area contributed by atoms with E-state index in [0.29, 0.717) is 5.56 Å². The Balaban J connectivity index is 1.77. The predicted octanol–water partition coefficient (Wildman–Crippen LogP) is 3.29. The number of hydrogen-bond donors (Lipinski definition) is 0. The lowest BCUT2D eigenvalue weighted by Gasteiger charge is -2.32. The molecule has 9 heteroatoms. The van der Waals surface area contributed by atoms with Gasteiger partial charge in [-0.05, 0) is 13.0 Å². The Kier molecular flexibility index (Phi) is 4.65. The van der Waals surface area contributed by atoms with Crippen LogP contribution in [0.5, 0.6) is 0 Å². The first kappa shape index (κ1) is 17.2. The van der Waals surface area contributed by atoms with E-state index >= 15 is 0 Å². The van der Waals surface area contributed by atoms with Crippen LogP contribution in [0.2, 0.25) is 0 Å². The van der Waals surface area contributed by atoms with E-state index in [1.165, 1.54) is 23.4 Å². The molecule has 6 nitrogen and oxygen atoms in total. The molecule has 0 aliphatic carbocycles. The quantitative estimate of drug-likeness (QED) is 0.784. The number of oxazole rings is 1. The van der Waals surface area contributed by atoms with E-state index in [9.17, 15) is 18.0 Å². The lowest BCUT2D eigenvalue weighted by atomic mass is 10.1. The summed E-state index contributed by atoms with van der Waals surface area (Å²) >= 11 is 0. The lowest BCUT2D eigenvalue weighted by Crippen LogP contribution is -2.40. The van der Waals surface area contributed by atoms with Gasteiger partial charge in [0.2, 0.25) is 0 Å². The lowest BCUT2D eigenvalue weighted by molar-refractivity contribution is -0.0222. The topological polar surface area (TPSA) is 68.5 Å². The summed E-state index contributed by atoms with van der Waals surface area (Å²) in [6.07, 6.45) is 1.89. The summed E-state index contributed by atoms with van der Waals surface area (Å²) in [6.45, 7) is 1.90. The summed E-state index contributed by atoms with van der Waals surface area (Å²) in [4.78, 5) is 21.0. The maximum Gasteiger partial charge on any atom is 0.394 e. The number of anilines is 1. The van der Waals surface area contributed by atoms with Crippen LogP contribution in [-0.2, 0) is 4.74 Å². The van der Waals surface area contributed by atoms with Gasteiger partial charge in [-0.3, -0.25) is 0 Å². The fraction of sp³-hybridized carbons (Fsp3) is 0.438. The number of alkyl halides is 2. The SMILES string of the molecule is CCOC(=O)c1nc(-c2cnc(N3CCC(F)(F)CC3)c(F)c2)co1. The van der Waals surface area contributed by atoms with Crippen LogP contribution >= 0.6 is 0 Å². The average molecular weight is 355 g/mol. The van der Waals surface area contributed by atoms with E-state index in [0.717, 1.165) is 0 Å². The van der Waals surface area contributed by atoms with Gasteiger partial charge in [0.1, 0.15) is 12.0 Å². The van der Waals surface area contributed by atoms with Gasteiger partial charge in [0.25, 0.3) is 5.92 Å². The smallest absolute Gasteiger partial charge is 0.394 e. The van der Waals surface area contributed by atoms with Crippen LogP contribution in [0.3, 0.4) is 0 Å². The highest BCUT2D eigenvalue weighted by atomic mass is 19.3. The van der Waals surface area contributed by atoms with E-state index in [1.807, 2.05) is 0 Å². The van der Waals surface area contributed by atoms with Crippen LogP contribution in [-0.4, -0.2) is 41.6 Å². The van der Waals surface area contributed by atoms with Crippen molar-refractivity contribution in [3.63, 3.8) is 0 Å². The largest absolute Gasteiger partial charge is 0.459 e. The minimum Gasteiger partial charge on any atom is -0.459 e. The Bertz CT molecular complexity index is 769. The Morgan fingerprint density at radius 3 is 2.76 bits per heavy atom. The number of piperidine rings is 1. The molecule has 1 saturated heterocycles. The normalized spacial score (nSPS) is 16.7. The molecule has 0 N–H and O–H groups in total. The number of ether oxygens (including phenoxy) is 1. The number of carbonyl (C=O) groups is 1. The molecule has 1 aliphatic heterocycles. The number of aromatic nitrogens is 2. The van der Waals surface area contributed by atoms with Gasteiger partial charge in [0.05, 0.1) is 6.61 Å². The molecule has 0 unspecified atom stereocenters. The van der Waals surface area contributed by atoms with Crippen molar-refractivity contribution >= 4 is 11.8 Å². The zero-order valence-electron chi connectivity index (χ0n) is 13.5. The second-order valence-corrected chi connectivity index (χ2v) is 5.63. The van der Waals surface area contributed by atoms with Crippen molar-refractivity contribution in [3.8, 4) is 11.3 Å². The second kappa shape index (κ2) is 6.73. The standard InChI is InChI=1S/C16H16F3N3O3/c1-2-24-15(23)14-21-12(9-25-14)10-7-11(17)13(20-8-10)22-5-3-16(18,19)4-6-22/h7-9H,2-6H2,1H3. The zero-order chi connectivity index (χ0) is 18.0. The maximum absolute atomic E-state index is 14.4. The third-order valence-corrected chi connectivity index (χ3v) is 3.87. The molecular weight excluding hydrogens is 339 g/mol. The third-order valence-electron chi connectivity index (χ3n) is 3.87. The van der Waals surface area contributed by atoms with Gasteiger partial charge in [-0.2, -0.15) is 0 Å². The zero-order valence-corrected chi connectivity index (χ0v) is 13.5. The number of hydrogen-bond acceptors (Lipinski definition) is 6. The van der Waals surface area contributed by atoms with Crippen molar-refractivity contribution < 1.29 is 27.1 Å². The molecule has 0 aromatic carbocycles. The Morgan fingerprint density at radius 2 is 2.12 bits per heavy atom. The van der Waals surface area contributed by atoms with Crippen molar-refractivity contribution in [2.45, 2.75) is 25.7 Å². The van der Waals surface area contributed by atoms with Gasteiger partial charge in [0.15, 0.2) is 11.6 Å². The highest BCUT2D eigenvalue weighted by Gasteiger charge is 2.35. The molecule has 0 saturated carbocycles. The van der Waals surface area contributed by atoms with Gasteiger partial charge in [-0.1, -0.05) is 0 Å². The molecule has 134 valence electrons. The molecule has 3 rings (SSSR count). The van der Waals surface area contributed by atoms with Crippen LogP contribution in [0.4, 0.5) is 19.0 Å². The fourth-order valence-electron chi connectivity index (χ4n) is 2.54. The second-order valence-electron chi connectivity index (χ2n) is 5.63. The Morgan fingerprint density at radius 1 is 1.40 bits per heavy atom. The molecule has 2 aromatic rings. The first-order valence-corrected chi connectivity index (χ1v) is 7.81. The molecule has 0 amide bonds. The van der Waals surface area contributed by atoms with Crippen LogP contribution in [0.25, 0.3) is 11.3 Å². The molecule has 0 spiro atoms. The van der Waals surface area contributed by atoms with Crippen molar-refractivity contribution in [1.82, 2.24) is 9.97 Å². The summed E-state index contributed by atoms with van der Waals surface area (Å²) in [5.74, 6) is -4.29. The molecule has 1 fully saturated rings. The Hall–Kier alpha value is -2.58. The van der Waals surface area contributed by atoms with Crippen LogP contribution in [0, 0.1) is 5.82 Å². The summed E-state index contributed by atoms with van der Waals surface area (Å²) < 4.78 is 50.5. The summed E-state index contributed by atoms with van der Waals surface area (Å²) in [5.41, 5.74) is 0.536. The average Bonchev–Trinajstić information content (AvgIpc) is 3.06. The van der Waals surface area contributed by atoms with Crippen molar-refractivity contribution in [3.05, 3.63) is 30.2 Å². The summed E-state index contributed by atoms with van der Waals surface area (Å²) in [5, 5.41) is 0. The number of halogens is 3. The molecule has 25 heavy (non-hydrogen) atoms. The number of nitrogens with zero attached hydrogens (tertiary/aromatic N) is 3. The van der Waals surface area contributed by atoms with Crippen LogP contribution in [0.1, 0.15) is 30.5 Å².